The van der Waals surface area contributed by atoms with Crippen molar-refractivity contribution in [3.05, 3.63) is 52.5 Å². The molecule has 3 aromatic rings. The van der Waals surface area contributed by atoms with E-state index in [9.17, 15) is 4.21 Å². The SMILES string of the molecule is O=S(On1nnc2ccc(Cl)cc21)c1ccc(Cl)cc1. The molecule has 1 atom stereocenters. The highest BCUT2D eigenvalue weighted by atomic mass is 35.5. The fourth-order valence-corrected chi connectivity index (χ4v) is 2.55. The van der Waals surface area contributed by atoms with Crippen molar-refractivity contribution in [1.29, 1.82) is 0 Å². The topological polar surface area (TPSA) is 57.0 Å². The zero-order valence-corrected chi connectivity index (χ0v) is 12.2. The maximum atomic E-state index is 12.1. The van der Waals surface area contributed by atoms with Crippen LogP contribution in [0.3, 0.4) is 0 Å². The summed E-state index contributed by atoms with van der Waals surface area (Å²) in [5, 5.41) is 8.76. The molecular weight excluding hydrogens is 321 g/mol. The molecule has 102 valence electrons. The number of rotatable bonds is 3. The Morgan fingerprint density at radius 2 is 1.75 bits per heavy atom. The van der Waals surface area contributed by atoms with Gasteiger partial charge in [-0.3, -0.25) is 4.28 Å². The zero-order valence-electron chi connectivity index (χ0n) is 9.86. The summed E-state index contributed by atoms with van der Waals surface area (Å²) in [4.78, 5) is 1.56. The number of benzene rings is 2. The van der Waals surface area contributed by atoms with Crippen molar-refractivity contribution in [2.75, 3.05) is 0 Å². The molecule has 8 heteroatoms. The van der Waals surface area contributed by atoms with Crippen LogP contribution in [-0.2, 0) is 11.1 Å². The van der Waals surface area contributed by atoms with E-state index in [1.807, 2.05) is 0 Å². The lowest BCUT2D eigenvalue weighted by atomic mass is 10.3. The van der Waals surface area contributed by atoms with E-state index in [0.717, 1.165) is 4.85 Å². The Bertz CT molecular complexity index is 789. The maximum Gasteiger partial charge on any atom is 0.265 e. The van der Waals surface area contributed by atoms with Crippen LogP contribution in [0.5, 0.6) is 0 Å². The number of fused-ring (bicyclic) bond motifs is 1. The standard InChI is InChI=1S/C12H7Cl2N3O2S/c13-8-1-4-10(5-2-8)20(18)19-17-12-7-9(14)3-6-11(12)15-16-17/h1-7H. The number of aromatic nitrogens is 3. The van der Waals surface area contributed by atoms with Gasteiger partial charge >= 0.3 is 0 Å². The van der Waals surface area contributed by atoms with Gasteiger partial charge in [-0.2, -0.15) is 0 Å². The van der Waals surface area contributed by atoms with Gasteiger partial charge in [0.2, 0.25) is 0 Å². The number of hydrogen-bond donors (Lipinski definition) is 0. The molecule has 0 saturated heterocycles. The summed E-state index contributed by atoms with van der Waals surface area (Å²) in [6.07, 6.45) is 0. The van der Waals surface area contributed by atoms with Crippen LogP contribution in [-0.4, -0.2) is 19.4 Å². The first-order valence-corrected chi connectivity index (χ1v) is 7.34. The first-order valence-electron chi connectivity index (χ1n) is 5.50. The Kier molecular flexibility index (Phi) is 3.60. The lowest BCUT2D eigenvalue weighted by Crippen LogP contribution is -2.16. The summed E-state index contributed by atoms with van der Waals surface area (Å²) < 4.78 is 17.3. The quantitative estimate of drug-likeness (QED) is 0.742. The monoisotopic (exact) mass is 327 g/mol. The molecule has 1 aromatic heterocycles. The van der Waals surface area contributed by atoms with Crippen LogP contribution in [0.2, 0.25) is 10.0 Å². The molecule has 5 nitrogen and oxygen atoms in total. The van der Waals surface area contributed by atoms with Gasteiger partial charge in [0.05, 0.1) is 4.90 Å². The van der Waals surface area contributed by atoms with Crippen molar-refractivity contribution in [2.24, 2.45) is 0 Å². The Labute approximate surface area is 126 Å². The van der Waals surface area contributed by atoms with Crippen LogP contribution in [0.4, 0.5) is 0 Å². The van der Waals surface area contributed by atoms with Gasteiger partial charge in [0.1, 0.15) is 11.0 Å². The number of nitrogens with zero attached hydrogens (tertiary/aromatic N) is 3. The van der Waals surface area contributed by atoms with E-state index in [1.54, 1.807) is 42.5 Å². The second kappa shape index (κ2) is 5.40. The summed E-state index contributed by atoms with van der Waals surface area (Å²) >= 11 is 9.95. The van der Waals surface area contributed by atoms with E-state index in [0.29, 0.717) is 26.0 Å². The third kappa shape index (κ3) is 2.63. The van der Waals surface area contributed by atoms with Gasteiger partial charge in [0.25, 0.3) is 11.1 Å². The molecule has 1 unspecified atom stereocenters. The molecule has 0 aliphatic heterocycles. The zero-order chi connectivity index (χ0) is 14.1. The Morgan fingerprint density at radius 1 is 1.05 bits per heavy atom. The molecule has 0 aliphatic carbocycles. The van der Waals surface area contributed by atoms with Crippen LogP contribution in [0.25, 0.3) is 11.0 Å². The second-order valence-electron chi connectivity index (χ2n) is 3.86. The molecule has 0 fully saturated rings. The molecule has 0 N–H and O–H groups in total. The molecule has 0 radical (unpaired) electrons. The molecule has 3 rings (SSSR count). The highest BCUT2D eigenvalue weighted by Gasteiger charge is 2.11. The smallest absolute Gasteiger partial charge is 0.265 e. The van der Waals surface area contributed by atoms with Crippen LogP contribution >= 0.6 is 23.2 Å². The summed E-state index contributed by atoms with van der Waals surface area (Å²) in [5.74, 6) is 0. The van der Waals surface area contributed by atoms with Crippen LogP contribution in [0.1, 0.15) is 0 Å². The molecule has 0 spiro atoms. The van der Waals surface area contributed by atoms with E-state index >= 15 is 0 Å². The van der Waals surface area contributed by atoms with Gasteiger partial charge in [-0.15, -0.1) is 5.10 Å². The van der Waals surface area contributed by atoms with E-state index in [2.05, 4.69) is 10.3 Å². The van der Waals surface area contributed by atoms with Crippen molar-refractivity contribution in [2.45, 2.75) is 4.90 Å². The summed E-state index contributed by atoms with van der Waals surface area (Å²) in [5.41, 5.74) is 1.14. The van der Waals surface area contributed by atoms with Crippen molar-refractivity contribution in [3.63, 3.8) is 0 Å². The molecule has 0 aliphatic rings. The predicted octanol–water partition coefficient (Wildman–Crippen LogP) is 2.89. The molecule has 1 heterocycles. The average Bonchev–Trinajstić information content (AvgIpc) is 2.82. The third-order valence-corrected chi connectivity index (χ3v) is 3.94. The fourth-order valence-electron chi connectivity index (χ4n) is 1.58. The van der Waals surface area contributed by atoms with Crippen LogP contribution in [0, 0.1) is 0 Å². The van der Waals surface area contributed by atoms with E-state index in [4.69, 9.17) is 27.5 Å². The van der Waals surface area contributed by atoms with Gasteiger partial charge in [-0.25, -0.2) is 4.21 Å². The Balaban J connectivity index is 1.91. The minimum atomic E-state index is -1.72. The predicted molar refractivity (Wildman–Crippen MR) is 77.0 cm³/mol. The largest absolute Gasteiger partial charge is 0.286 e. The fraction of sp³-hybridized carbons (Fsp3) is 0. The van der Waals surface area contributed by atoms with Crippen LogP contribution < -0.4 is 4.28 Å². The van der Waals surface area contributed by atoms with Crippen LogP contribution in [0.15, 0.2) is 47.4 Å². The lowest BCUT2D eigenvalue weighted by molar-refractivity contribution is 0.263. The Hall–Kier alpha value is -1.63. The molecule has 0 bridgehead atoms. The highest BCUT2D eigenvalue weighted by molar-refractivity contribution is 7.80. The average molecular weight is 328 g/mol. The van der Waals surface area contributed by atoms with Crippen molar-refractivity contribution >= 4 is 45.3 Å². The molecule has 2 aromatic carbocycles. The Morgan fingerprint density at radius 3 is 2.50 bits per heavy atom. The summed E-state index contributed by atoms with van der Waals surface area (Å²) in [6.45, 7) is 0. The van der Waals surface area contributed by atoms with Crippen molar-refractivity contribution in [3.8, 4) is 0 Å². The highest BCUT2D eigenvalue weighted by Crippen LogP contribution is 2.17. The van der Waals surface area contributed by atoms with E-state index in [-0.39, 0.29) is 0 Å². The van der Waals surface area contributed by atoms with Gasteiger partial charge in [-0.05, 0) is 47.7 Å². The molecule has 20 heavy (non-hydrogen) atoms. The van der Waals surface area contributed by atoms with Gasteiger partial charge in [0, 0.05) is 10.0 Å². The number of hydrogen-bond acceptors (Lipinski definition) is 4. The van der Waals surface area contributed by atoms with E-state index in [1.165, 1.54) is 0 Å². The minimum Gasteiger partial charge on any atom is -0.286 e. The van der Waals surface area contributed by atoms with Gasteiger partial charge in [0.15, 0.2) is 0 Å². The second-order valence-corrected chi connectivity index (χ2v) is 5.82. The minimum absolute atomic E-state index is 0.472. The molecular formula is C12H7Cl2N3O2S. The first kappa shape index (κ1) is 13.4. The first-order chi connectivity index (χ1) is 9.63. The normalized spacial score (nSPS) is 12.5. The molecule has 0 saturated carbocycles. The van der Waals surface area contributed by atoms with Gasteiger partial charge in [-0.1, -0.05) is 28.0 Å². The number of halogens is 2. The molecule has 0 amide bonds. The van der Waals surface area contributed by atoms with Crippen molar-refractivity contribution in [1.82, 2.24) is 15.2 Å². The van der Waals surface area contributed by atoms with E-state index < -0.39 is 11.1 Å². The maximum absolute atomic E-state index is 12.1. The van der Waals surface area contributed by atoms with Crippen molar-refractivity contribution < 1.29 is 8.49 Å². The summed E-state index contributed by atoms with van der Waals surface area (Å²) in [7, 11) is 0. The third-order valence-electron chi connectivity index (χ3n) is 2.52. The summed E-state index contributed by atoms with van der Waals surface area (Å²) in [6, 6.07) is 11.5. The van der Waals surface area contributed by atoms with Gasteiger partial charge < -0.3 is 0 Å². The lowest BCUT2D eigenvalue weighted by Gasteiger charge is -2.04.